The molecule has 1 amide bonds. The fourth-order valence-corrected chi connectivity index (χ4v) is 2.93. The summed E-state index contributed by atoms with van der Waals surface area (Å²) in [6, 6.07) is 0.453. The van der Waals surface area contributed by atoms with E-state index in [0.717, 1.165) is 19.4 Å². The quantitative estimate of drug-likeness (QED) is 0.794. The summed E-state index contributed by atoms with van der Waals surface area (Å²) in [5.41, 5.74) is 0.175. The minimum atomic E-state index is 0.0613. The second-order valence-corrected chi connectivity index (χ2v) is 5.86. The highest BCUT2D eigenvalue weighted by Crippen LogP contribution is 2.39. The predicted octanol–water partition coefficient (Wildman–Crippen LogP) is 1.92. The van der Waals surface area contributed by atoms with Gasteiger partial charge >= 0.3 is 0 Å². The third-order valence-electron chi connectivity index (χ3n) is 4.06. The second kappa shape index (κ2) is 4.36. The van der Waals surface area contributed by atoms with Crippen molar-refractivity contribution in [3.8, 4) is 0 Å². The summed E-state index contributed by atoms with van der Waals surface area (Å²) < 4.78 is 0. The largest absolute Gasteiger partial charge is 0.336 e. The van der Waals surface area contributed by atoms with Crippen LogP contribution in [0.3, 0.4) is 0 Å². The zero-order chi connectivity index (χ0) is 11.8. The zero-order valence-electron chi connectivity index (χ0n) is 10.8. The molecule has 0 aromatic carbocycles. The van der Waals surface area contributed by atoms with Gasteiger partial charge in [-0.1, -0.05) is 13.8 Å². The molecule has 2 rings (SSSR count). The van der Waals surface area contributed by atoms with E-state index in [-0.39, 0.29) is 11.6 Å². The van der Waals surface area contributed by atoms with Gasteiger partial charge in [0.15, 0.2) is 0 Å². The molecule has 3 nitrogen and oxygen atoms in total. The molecular weight excluding hydrogens is 200 g/mol. The Morgan fingerprint density at radius 3 is 2.56 bits per heavy atom. The summed E-state index contributed by atoms with van der Waals surface area (Å²) >= 11 is 0. The molecule has 0 bridgehead atoms. The molecule has 0 radical (unpaired) electrons. The number of hydrogen-bond acceptors (Lipinski definition) is 2. The van der Waals surface area contributed by atoms with Gasteiger partial charge in [-0.2, -0.15) is 0 Å². The predicted molar refractivity (Wildman–Crippen MR) is 65.3 cm³/mol. The van der Waals surface area contributed by atoms with Gasteiger partial charge in [0.1, 0.15) is 0 Å². The van der Waals surface area contributed by atoms with Crippen LogP contribution in [0.25, 0.3) is 0 Å². The Hall–Kier alpha value is -0.570. The molecule has 2 fully saturated rings. The molecule has 0 aromatic rings. The highest BCUT2D eigenvalue weighted by atomic mass is 16.2. The van der Waals surface area contributed by atoms with Gasteiger partial charge < -0.3 is 10.2 Å². The first-order valence-electron chi connectivity index (χ1n) is 6.60. The Morgan fingerprint density at radius 2 is 2.06 bits per heavy atom. The maximum Gasteiger partial charge on any atom is 0.240 e. The minimum absolute atomic E-state index is 0.0613. The monoisotopic (exact) mass is 224 g/mol. The van der Waals surface area contributed by atoms with E-state index >= 15 is 0 Å². The summed E-state index contributed by atoms with van der Waals surface area (Å²) in [6.07, 6.45) is 5.80. The van der Waals surface area contributed by atoms with E-state index in [1.54, 1.807) is 0 Å². The Labute approximate surface area is 98.6 Å². The smallest absolute Gasteiger partial charge is 0.240 e. The third-order valence-corrected chi connectivity index (χ3v) is 4.06. The van der Waals surface area contributed by atoms with Gasteiger partial charge in [-0.3, -0.25) is 4.79 Å². The summed E-state index contributed by atoms with van der Waals surface area (Å²) in [5.74, 6) is 0.335. The Balaban J connectivity index is 2.02. The van der Waals surface area contributed by atoms with Crippen LogP contribution in [0.4, 0.5) is 0 Å². The molecule has 1 aliphatic carbocycles. The summed E-state index contributed by atoms with van der Waals surface area (Å²) in [7, 11) is 0. The van der Waals surface area contributed by atoms with Crippen LogP contribution in [-0.2, 0) is 4.79 Å². The molecule has 1 heterocycles. The summed E-state index contributed by atoms with van der Waals surface area (Å²) in [4.78, 5) is 14.5. The van der Waals surface area contributed by atoms with Crippen LogP contribution in [0.5, 0.6) is 0 Å². The molecule has 1 unspecified atom stereocenters. The van der Waals surface area contributed by atoms with Gasteiger partial charge in [-0.25, -0.2) is 0 Å². The molecule has 2 aliphatic rings. The van der Waals surface area contributed by atoms with Crippen LogP contribution in [-0.4, -0.2) is 35.0 Å². The maximum atomic E-state index is 12.4. The Kier molecular flexibility index (Phi) is 3.24. The highest BCUT2D eigenvalue weighted by Gasteiger charge is 2.43. The van der Waals surface area contributed by atoms with Crippen molar-refractivity contribution in [2.75, 3.05) is 6.54 Å². The van der Waals surface area contributed by atoms with Crippen molar-refractivity contribution in [2.45, 2.75) is 70.5 Å². The molecule has 0 aromatic heterocycles. The molecule has 1 atom stereocenters. The average Bonchev–Trinajstić information content (AvgIpc) is 2.17. The van der Waals surface area contributed by atoms with E-state index in [1.165, 1.54) is 19.3 Å². The molecule has 1 aliphatic heterocycles. The van der Waals surface area contributed by atoms with Gasteiger partial charge in [-0.15, -0.1) is 0 Å². The van der Waals surface area contributed by atoms with Crippen molar-refractivity contribution in [3.63, 3.8) is 0 Å². The van der Waals surface area contributed by atoms with Crippen LogP contribution in [0.1, 0.15) is 52.9 Å². The van der Waals surface area contributed by atoms with Crippen LogP contribution < -0.4 is 5.32 Å². The SMILES string of the molecule is CC(C)NC1CCCN(C2(C)CCC2)C1=O. The normalized spacial score (nSPS) is 29.4. The van der Waals surface area contributed by atoms with Crippen molar-refractivity contribution >= 4 is 5.91 Å². The van der Waals surface area contributed by atoms with E-state index < -0.39 is 0 Å². The summed E-state index contributed by atoms with van der Waals surface area (Å²) in [6.45, 7) is 7.42. The number of hydrogen-bond donors (Lipinski definition) is 1. The fourth-order valence-electron chi connectivity index (χ4n) is 2.93. The molecule has 0 spiro atoms. The van der Waals surface area contributed by atoms with Crippen LogP contribution >= 0.6 is 0 Å². The number of piperidine rings is 1. The average molecular weight is 224 g/mol. The third kappa shape index (κ3) is 2.10. The van der Waals surface area contributed by atoms with Crippen molar-refractivity contribution in [2.24, 2.45) is 0 Å². The standard InChI is InChI=1S/C13H24N2O/c1-10(2)14-11-6-4-9-15(12(11)16)13(3)7-5-8-13/h10-11,14H,4-9H2,1-3H3. The van der Waals surface area contributed by atoms with E-state index in [4.69, 9.17) is 0 Å². The van der Waals surface area contributed by atoms with Gasteiger partial charge in [0, 0.05) is 18.1 Å². The highest BCUT2D eigenvalue weighted by molar-refractivity contribution is 5.83. The Morgan fingerprint density at radius 1 is 1.38 bits per heavy atom. The first kappa shape index (κ1) is 11.9. The van der Waals surface area contributed by atoms with Gasteiger partial charge in [-0.05, 0) is 39.0 Å². The lowest BCUT2D eigenvalue weighted by atomic mass is 9.76. The molecule has 16 heavy (non-hydrogen) atoms. The van der Waals surface area contributed by atoms with Crippen LogP contribution in [0.2, 0.25) is 0 Å². The minimum Gasteiger partial charge on any atom is -0.336 e. The second-order valence-electron chi connectivity index (χ2n) is 5.86. The van der Waals surface area contributed by atoms with E-state index in [9.17, 15) is 4.79 Å². The first-order valence-corrected chi connectivity index (χ1v) is 6.60. The molecule has 1 saturated carbocycles. The number of likely N-dealkylation sites (tertiary alicyclic amines) is 1. The van der Waals surface area contributed by atoms with Gasteiger partial charge in [0.25, 0.3) is 0 Å². The van der Waals surface area contributed by atoms with Crippen molar-refractivity contribution in [1.29, 1.82) is 0 Å². The zero-order valence-corrected chi connectivity index (χ0v) is 10.8. The topological polar surface area (TPSA) is 32.3 Å². The molecule has 1 N–H and O–H groups in total. The molecule has 92 valence electrons. The molecule has 1 saturated heterocycles. The number of carbonyl (C=O) groups excluding carboxylic acids is 1. The lowest BCUT2D eigenvalue weighted by Crippen LogP contribution is -2.62. The molecular formula is C13H24N2O. The number of nitrogens with one attached hydrogen (secondary N) is 1. The van der Waals surface area contributed by atoms with E-state index in [0.29, 0.717) is 11.9 Å². The Bertz CT molecular complexity index is 271. The maximum absolute atomic E-state index is 12.4. The van der Waals surface area contributed by atoms with Crippen molar-refractivity contribution in [1.82, 2.24) is 10.2 Å². The van der Waals surface area contributed by atoms with E-state index in [1.807, 2.05) is 0 Å². The summed E-state index contributed by atoms with van der Waals surface area (Å²) in [5, 5.41) is 3.39. The van der Waals surface area contributed by atoms with Gasteiger partial charge in [0.05, 0.1) is 6.04 Å². The van der Waals surface area contributed by atoms with Gasteiger partial charge in [0.2, 0.25) is 5.91 Å². The lowest BCUT2D eigenvalue weighted by molar-refractivity contribution is -0.146. The molecule has 3 heteroatoms. The first-order chi connectivity index (χ1) is 7.53. The number of nitrogens with zero attached hydrogens (tertiary/aromatic N) is 1. The number of amides is 1. The van der Waals surface area contributed by atoms with Crippen LogP contribution in [0, 0.1) is 0 Å². The van der Waals surface area contributed by atoms with Crippen molar-refractivity contribution in [3.05, 3.63) is 0 Å². The van der Waals surface area contributed by atoms with E-state index in [2.05, 4.69) is 31.0 Å². The number of rotatable bonds is 3. The van der Waals surface area contributed by atoms with Crippen LogP contribution in [0.15, 0.2) is 0 Å². The van der Waals surface area contributed by atoms with Crippen molar-refractivity contribution < 1.29 is 4.79 Å². The fraction of sp³-hybridized carbons (Fsp3) is 0.923. The lowest BCUT2D eigenvalue weighted by Gasteiger charge is -2.51. The number of carbonyl (C=O) groups is 1.